The van der Waals surface area contributed by atoms with Gasteiger partial charge in [-0.1, -0.05) is 5.16 Å². The molecule has 134 valence electrons. The van der Waals surface area contributed by atoms with Crippen molar-refractivity contribution < 1.29 is 18.1 Å². The van der Waals surface area contributed by atoms with Crippen LogP contribution in [0.15, 0.2) is 64.5 Å². The monoisotopic (exact) mass is 383 g/mol. The fourth-order valence-corrected chi connectivity index (χ4v) is 3.17. The number of hydrogen-bond donors (Lipinski definition) is 1. The number of carbonyl (C=O) groups excluding carboxylic acids is 1. The lowest BCUT2D eigenvalue weighted by atomic mass is 10.2. The molecule has 0 fully saturated rings. The zero-order chi connectivity index (χ0) is 18.8. The van der Waals surface area contributed by atoms with E-state index in [1.807, 2.05) is 0 Å². The summed E-state index contributed by atoms with van der Waals surface area (Å²) in [6.45, 7) is 0. The van der Waals surface area contributed by atoms with Gasteiger partial charge in [0.25, 0.3) is 11.8 Å². The number of nitrogens with zero attached hydrogens (tertiary/aromatic N) is 2. The fourth-order valence-electron chi connectivity index (χ4n) is 2.40. The number of amides is 1. The molecule has 0 saturated carbocycles. The van der Waals surface area contributed by atoms with E-state index in [-0.39, 0.29) is 17.6 Å². The molecule has 0 spiro atoms. The Morgan fingerprint density at radius 2 is 1.63 bits per heavy atom. The molecule has 8 heteroatoms. The zero-order valence-corrected chi connectivity index (χ0v) is 14.5. The molecule has 0 aliphatic carbocycles. The minimum absolute atomic E-state index is 0.235. The van der Waals surface area contributed by atoms with Crippen LogP contribution in [-0.4, -0.2) is 16.0 Å². The molecule has 0 radical (unpaired) electrons. The third-order valence-corrected chi connectivity index (χ3v) is 4.64. The number of thiophene rings is 1. The lowest BCUT2D eigenvalue weighted by Gasteiger charge is -2.04. The van der Waals surface area contributed by atoms with Gasteiger partial charge in [-0.15, -0.1) is 11.3 Å². The molecule has 0 saturated heterocycles. The van der Waals surface area contributed by atoms with Crippen molar-refractivity contribution in [1.29, 1.82) is 0 Å². The molecule has 27 heavy (non-hydrogen) atoms. The molecule has 0 atom stereocenters. The predicted octanol–water partition coefficient (Wildman–Crippen LogP) is 5.00. The Labute approximate surface area is 156 Å². The summed E-state index contributed by atoms with van der Waals surface area (Å²) >= 11 is 1.32. The van der Waals surface area contributed by atoms with Crippen molar-refractivity contribution in [2.75, 3.05) is 5.32 Å². The summed E-state index contributed by atoms with van der Waals surface area (Å²) < 4.78 is 31.3. The first-order valence-electron chi connectivity index (χ1n) is 7.84. The van der Waals surface area contributed by atoms with Crippen LogP contribution < -0.4 is 5.32 Å². The van der Waals surface area contributed by atoms with Gasteiger partial charge in [-0.05, 0) is 60.0 Å². The molecular weight excluding hydrogens is 372 g/mol. The topological polar surface area (TPSA) is 68.0 Å². The van der Waals surface area contributed by atoms with E-state index >= 15 is 0 Å². The van der Waals surface area contributed by atoms with Crippen LogP contribution in [0.4, 0.5) is 14.5 Å². The number of rotatable bonds is 4. The number of carbonyl (C=O) groups is 1. The highest BCUT2D eigenvalue weighted by Gasteiger charge is 2.18. The number of hydrogen-bond acceptors (Lipinski definition) is 5. The Hall–Kier alpha value is -3.39. The maximum absolute atomic E-state index is 13.0. The Morgan fingerprint density at radius 3 is 2.33 bits per heavy atom. The van der Waals surface area contributed by atoms with Crippen molar-refractivity contribution in [2.24, 2.45) is 0 Å². The van der Waals surface area contributed by atoms with Gasteiger partial charge >= 0.3 is 0 Å². The second kappa shape index (κ2) is 7.08. The van der Waals surface area contributed by atoms with E-state index in [1.165, 1.54) is 47.7 Å². The number of aromatic nitrogens is 2. The molecule has 2 aromatic carbocycles. The summed E-state index contributed by atoms with van der Waals surface area (Å²) in [7, 11) is 0. The van der Waals surface area contributed by atoms with E-state index in [0.29, 0.717) is 27.5 Å². The van der Waals surface area contributed by atoms with Crippen LogP contribution in [0.1, 0.15) is 10.4 Å². The summed E-state index contributed by atoms with van der Waals surface area (Å²) in [4.78, 5) is 17.2. The molecule has 5 nitrogen and oxygen atoms in total. The molecule has 4 aromatic rings. The third kappa shape index (κ3) is 3.61. The molecule has 2 aromatic heterocycles. The highest BCUT2D eigenvalue weighted by Crippen LogP contribution is 2.34. The van der Waals surface area contributed by atoms with Crippen LogP contribution in [-0.2, 0) is 0 Å². The summed E-state index contributed by atoms with van der Waals surface area (Å²) in [6, 6.07) is 12.7. The average Bonchev–Trinajstić information content (AvgIpc) is 3.32. The van der Waals surface area contributed by atoms with Gasteiger partial charge in [-0.3, -0.25) is 4.79 Å². The van der Waals surface area contributed by atoms with Gasteiger partial charge in [0.15, 0.2) is 0 Å². The highest BCUT2D eigenvalue weighted by atomic mass is 32.1. The van der Waals surface area contributed by atoms with Gasteiger partial charge in [-0.25, -0.2) is 8.78 Å². The van der Waals surface area contributed by atoms with E-state index in [1.54, 1.807) is 23.6 Å². The van der Waals surface area contributed by atoms with Gasteiger partial charge in [-0.2, -0.15) is 4.98 Å². The molecule has 0 aliphatic rings. The number of benzene rings is 2. The second-order valence-electron chi connectivity index (χ2n) is 5.55. The number of nitrogens with one attached hydrogen (secondary N) is 1. The molecule has 4 rings (SSSR count). The minimum atomic E-state index is -0.415. The van der Waals surface area contributed by atoms with Crippen LogP contribution in [0.25, 0.3) is 22.2 Å². The van der Waals surface area contributed by atoms with Crippen LogP contribution in [0.3, 0.4) is 0 Å². The largest absolute Gasteiger partial charge is 0.333 e. The van der Waals surface area contributed by atoms with Crippen molar-refractivity contribution in [3.05, 3.63) is 77.2 Å². The van der Waals surface area contributed by atoms with Crippen molar-refractivity contribution >= 4 is 22.9 Å². The van der Waals surface area contributed by atoms with Crippen molar-refractivity contribution in [3.63, 3.8) is 0 Å². The van der Waals surface area contributed by atoms with E-state index in [2.05, 4.69) is 15.5 Å². The standard InChI is InChI=1S/C19H11F2N3O2S/c20-13-5-1-11(2-6-13)17-23-19(26-24-17)16-15(9-10-27-16)22-18(25)12-3-7-14(21)8-4-12/h1-10H,(H,22,25). The van der Waals surface area contributed by atoms with Gasteiger partial charge in [0.1, 0.15) is 16.5 Å². The van der Waals surface area contributed by atoms with Crippen molar-refractivity contribution in [3.8, 4) is 22.2 Å². The van der Waals surface area contributed by atoms with Crippen molar-refractivity contribution in [1.82, 2.24) is 10.1 Å². The molecule has 1 N–H and O–H groups in total. The Bertz CT molecular complexity index is 1090. The quantitative estimate of drug-likeness (QED) is 0.539. The lowest BCUT2D eigenvalue weighted by molar-refractivity contribution is 0.102. The van der Waals surface area contributed by atoms with Crippen LogP contribution in [0.5, 0.6) is 0 Å². The smallest absolute Gasteiger partial charge is 0.270 e. The third-order valence-electron chi connectivity index (χ3n) is 3.74. The summed E-state index contributed by atoms with van der Waals surface area (Å²) in [5.41, 5.74) is 1.44. The Morgan fingerprint density at radius 1 is 0.963 bits per heavy atom. The fraction of sp³-hybridized carbons (Fsp3) is 0. The Balaban J connectivity index is 1.58. The van der Waals surface area contributed by atoms with Crippen LogP contribution >= 0.6 is 11.3 Å². The molecule has 0 aliphatic heterocycles. The van der Waals surface area contributed by atoms with E-state index in [4.69, 9.17) is 4.52 Å². The molecule has 1 amide bonds. The first-order chi connectivity index (χ1) is 13.1. The normalized spacial score (nSPS) is 10.7. The van der Waals surface area contributed by atoms with Gasteiger partial charge in [0, 0.05) is 11.1 Å². The predicted molar refractivity (Wildman–Crippen MR) is 97.4 cm³/mol. The van der Waals surface area contributed by atoms with Crippen LogP contribution in [0, 0.1) is 11.6 Å². The number of halogens is 2. The summed E-state index contributed by atoms with van der Waals surface area (Å²) in [5, 5.41) is 8.43. The second-order valence-corrected chi connectivity index (χ2v) is 6.47. The SMILES string of the molecule is O=C(Nc1ccsc1-c1nc(-c2ccc(F)cc2)no1)c1ccc(F)cc1. The van der Waals surface area contributed by atoms with E-state index < -0.39 is 5.82 Å². The van der Waals surface area contributed by atoms with Gasteiger partial charge < -0.3 is 9.84 Å². The minimum Gasteiger partial charge on any atom is -0.333 e. The van der Waals surface area contributed by atoms with Gasteiger partial charge in [0.05, 0.1) is 5.69 Å². The summed E-state index contributed by atoms with van der Waals surface area (Å²) in [5.74, 6) is -0.602. The highest BCUT2D eigenvalue weighted by molar-refractivity contribution is 7.14. The summed E-state index contributed by atoms with van der Waals surface area (Å²) in [6.07, 6.45) is 0. The maximum Gasteiger partial charge on any atom is 0.270 e. The van der Waals surface area contributed by atoms with E-state index in [9.17, 15) is 13.6 Å². The van der Waals surface area contributed by atoms with Gasteiger partial charge in [0.2, 0.25) is 5.82 Å². The maximum atomic E-state index is 13.0. The molecular formula is C19H11F2N3O2S. The first kappa shape index (κ1) is 17.0. The van der Waals surface area contributed by atoms with Crippen LogP contribution in [0.2, 0.25) is 0 Å². The average molecular weight is 383 g/mol. The van der Waals surface area contributed by atoms with Crippen molar-refractivity contribution in [2.45, 2.75) is 0 Å². The number of anilines is 1. The molecule has 0 bridgehead atoms. The molecule has 2 heterocycles. The van der Waals surface area contributed by atoms with E-state index in [0.717, 1.165) is 0 Å². The lowest BCUT2D eigenvalue weighted by Crippen LogP contribution is -2.11. The zero-order valence-electron chi connectivity index (χ0n) is 13.6. The molecule has 0 unspecified atom stereocenters. The first-order valence-corrected chi connectivity index (χ1v) is 8.72. The Kier molecular flexibility index (Phi) is 4.47.